The molecular weight excluding hydrogens is 322 g/mol. The van der Waals surface area contributed by atoms with E-state index in [-0.39, 0.29) is 5.91 Å². The van der Waals surface area contributed by atoms with Crippen LogP contribution in [0.4, 0.5) is 0 Å². The Labute approximate surface area is 145 Å². The summed E-state index contributed by atoms with van der Waals surface area (Å²) < 4.78 is 1.22. The molecule has 2 unspecified atom stereocenters. The van der Waals surface area contributed by atoms with Crippen LogP contribution in [0.3, 0.4) is 0 Å². The Morgan fingerprint density at radius 1 is 1.25 bits per heavy atom. The first-order valence-electron chi connectivity index (χ1n) is 8.76. The second-order valence-corrected chi connectivity index (χ2v) is 7.83. The lowest BCUT2D eigenvalue weighted by Crippen LogP contribution is -2.40. The number of likely N-dealkylation sites (tertiary alicyclic amines) is 2. The number of amides is 1. The van der Waals surface area contributed by atoms with Gasteiger partial charge in [-0.05, 0) is 37.9 Å². The fourth-order valence-corrected chi connectivity index (χ4v) is 4.97. The summed E-state index contributed by atoms with van der Waals surface area (Å²) >= 11 is 1.76. The number of fused-ring (bicyclic) bond motifs is 1. The number of aliphatic hydroxyl groups is 1. The van der Waals surface area contributed by atoms with Crippen LogP contribution in [-0.4, -0.2) is 58.1 Å². The molecule has 0 radical (unpaired) electrons. The molecule has 0 spiro atoms. The zero-order valence-corrected chi connectivity index (χ0v) is 14.5. The van der Waals surface area contributed by atoms with Crippen molar-refractivity contribution in [2.24, 2.45) is 0 Å². The first-order chi connectivity index (χ1) is 11.7. The van der Waals surface area contributed by atoms with Gasteiger partial charge < -0.3 is 10.0 Å². The third-order valence-corrected chi connectivity index (χ3v) is 6.14. The van der Waals surface area contributed by atoms with Gasteiger partial charge in [-0.1, -0.05) is 12.1 Å². The smallest absolute Gasteiger partial charge is 0.222 e. The summed E-state index contributed by atoms with van der Waals surface area (Å²) in [6, 6.07) is 8.54. The van der Waals surface area contributed by atoms with Gasteiger partial charge in [0.15, 0.2) is 0 Å². The Balaban J connectivity index is 1.43. The summed E-state index contributed by atoms with van der Waals surface area (Å²) in [6.45, 7) is 2.86. The Kier molecular flexibility index (Phi) is 4.52. The molecule has 128 valence electrons. The molecule has 0 aliphatic carbocycles. The van der Waals surface area contributed by atoms with Crippen molar-refractivity contribution in [2.45, 2.75) is 37.8 Å². The molecule has 2 saturated heterocycles. The fourth-order valence-electron chi connectivity index (χ4n) is 3.84. The van der Waals surface area contributed by atoms with E-state index in [0.717, 1.165) is 42.9 Å². The maximum absolute atomic E-state index is 11.7. The normalized spacial score (nSPS) is 23.5. The predicted octanol–water partition coefficient (Wildman–Crippen LogP) is 2.42. The average Bonchev–Trinajstić information content (AvgIpc) is 3.27. The number of rotatable bonds is 5. The number of aromatic nitrogens is 1. The number of carbonyl (C=O) groups excluding carboxylic acids is 1. The molecule has 2 aromatic rings. The van der Waals surface area contributed by atoms with E-state index in [1.54, 1.807) is 16.2 Å². The molecule has 1 N–H and O–H groups in total. The Morgan fingerprint density at radius 3 is 2.92 bits per heavy atom. The molecule has 2 fully saturated rings. The number of carbonyl (C=O) groups is 1. The number of nitrogens with zero attached hydrogens (tertiary/aromatic N) is 3. The first-order valence-corrected chi connectivity index (χ1v) is 9.58. The minimum atomic E-state index is -0.484. The third kappa shape index (κ3) is 3.18. The maximum atomic E-state index is 11.7. The molecule has 3 heterocycles. The molecule has 1 aromatic heterocycles. The zero-order valence-electron chi connectivity index (χ0n) is 13.7. The molecule has 2 aliphatic rings. The lowest BCUT2D eigenvalue weighted by atomic mass is 10.2. The molecular formula is C18H23N3O2S. The van der Waals surface area contributed by atoms with Crippen molar-refractivity contribution in [3.63, 3.8) is 0 Å². The van der Waals surface area contributed by atoms with E-state index in [2.05, 4.69) is 17.0 Å². The van der Waals surface area contributed by atoms with Crippen LogP contribution in [0.5, 0.6) is 0 Å². The van der Waals surface area contributed by atoms with Gasteiger partial charge in [0, 0.05) is 26.1 Å². The molecule has 5 nitrogen and oxygen atoms in total. The highest BCUT2D eigenvalue weighted by molar-refractivity contribution is 7.18. The quantitative estimate of drug-likeness (QED) is 0.904. The Hall–Kier alpha value is -1.50. The van der Waals surface area contributed by atoms with Crippen LogP contribution in [-0.2, 0) is 4.79 Å². The lowest BCUT2D eigenvalue weighted by Gasteiger charge is -2.27. The van der Waals surface area contributed by atoms with Gasteiger partial charge in [0.05, 0.1) is 22.4 Å². The molecule has 2 aliphatic heterocycles. The van der Waals surface area contributed by atoms with Crippen LogP contribution in [0.15, 0.2) is 24.3 Å². The summed E-state index contributed by atoms with van der Waals surface area (Å²) in [6.07, 6.45) is 3.29. The zero-order chi connectivity index (χ0) is 16.5. The largest absolute Gasteiger partial charge is 0.390 e. The SMILES string of the molecule is O=C1CCCN1CC(O)CN1CCCC1c1nc2ccccc2s1. The third-order valence-electron chi connectivity index (χ3n) is 5.01. The predicted molar refractivity (Wildman–Crippen MR) is 95.0 cm³/mol. The Bertz CT molecular complexity index is 699. The summed E-state index contributed by atoms with van der Waals surface area (Å²) in [5, 5.41) is 11.6. The van der Waals surface area contributed by atoms with Crippen molar-refractivity contribution in [3.05, 3.63) is 29.3 Å². The van der Waals surface area contributed by atoms with E-state index in [0.29, 0.717) is 25.6 Å². The van der Waals surface area contributed by atoms with Gasteiger partial charge in [0.25, 0.3) is 0 Å². The maximum Gasteiger partial charge on any atom is 0.222 e. The van der Waals surface area contributed by atoms with E-state index in [4.69, 9.17) is 4.98 Å². The molecule has 4 rings (SSSR count). The number of benzene rings is 1. The van der Waals surface area contributed by atoms with Gasteiger partial charge in [-0.25, -0.2) is 4.98 Å². The van der Waals surface area contributed by atoms with Crippen molar-refractivity contribution >= 4 is 27.5 Å². The minimum absolute atomic E-state index is 0.179. The molecule has 0 saturated carbocycles. The minimum Gasteiger partial charge on any atom is -0.390 e. The van der Waals surface area contributed by atoms with E-state index in [1.807, 2.05) is 12.1 Å². The van der Waals surface area contributed by atoms with Crippen molar-refractivity contribution in [1.82, 2.24) is 14.8 Å². The number of thiazole rings is 1. The van der Waals surface area contributed by atoms with Gasteiger partial charge in [-0.3, -0.25) is 9.69 Å². The summed E-state index contributed by atoms with van der Waals surface area (Å²) in [7, 11) is 0. The van der Waals surface area contributed by atoms with Crippen LogP contribution >= 0.6 is 11.3 Å². The summed E-state index contributed by atoms with van der Waals surface area (Å²) in [5.74, 6) is 0.179. The number of para-hydroxylation sites is 1. The number of hydrogen-bond donors (Lipinski definition) is 1. The monoisotopic (exact) mass is 345 g/mol. The number of aliphatic hydroxyl groups excluding tert-OH is 1. The van der Waals surface area contributed by atoms with E-state index in [1.165, 1.54) is 4.70 Å². The van der Waals surface area contributed by atoms with Crippen LogP contribution in [0, 0.1) is 0 Å². The molecule has 1 aromatic carbocycles. The standard InChI is InChI=1S/C18H23N3O2S/c22-13(12-21-10-4-8-17(21)23)11-20-9-3-6-15(20)18-19-14-5-1-2-7-16(14)24-18/h1-2,5,7,13,15,22H,3-4,6,8-12H2. The van der Waals surface area contributed by atoms with E-state index < -0.39 is 6.10 Å². The van der Waals surface area contributed by atoms with Crippen molar-refractivity contribution in [3.8, 4) is 0 Å². The highest BCUT2D eigenvalue weighted by Gasteiger charge is 2.31. The molecule has 6 heteroatoms. The second kappa shape index (κ2) is 6.78. The van der Waals surface area contributed by atoms with Gasteiger partial charge in [-0.15, -0.1) is 11.3 Å². The van der Waals surface area contributed by atoms with Crippen LogP contribution in [0.25, 0.3) is 10.2 Å². The van der Waals surface area contributed by atoms with Gasteiger partial charge in [0.1, 0.15) is 5.01 Å². The highest BCUT2D eigenvalue weighted by Crippen LogP contribution is 2.36. The summed E-state index contributed by atoms with van der Waals surface area (Å²) in [4.78, 5) is 20.7. The topological polar surface area (TPSA) is 56.7 Å². The van der Waals surface area contributed by atoms with Gasteiger partial charge in [-0.2, -0.15) is 0 Å². The number of hydrogen-bond acceptors (Lipinski definition) is 5. The number of β-amino-alcohol motifs (C(OH)–C–C–N with tert-alkyl or cyclic N) is 1. The molecule has 0 bridgehead atoms. The summed E-state index contributed by atoms with van der Waals surface area (Å²) in [5.41, 5.74) is 1.06. The van der Waals surface area contributed by atoms with Crippen molar-refractivity contribution in [2.75, 3.05) is 26.2 Å². The van der Waals surface area contributed by atoms with Crippen LogP contribution in [0.1, 0.15) is 36.7 Å². The van der Waals surface area contributed by atoms with E-state index in [9.17, 15) is 9.90 Å². The van der Waals surface area contributed by atoms with Gasteiger partial charge >= 0.3 is 0 Å². The lowest BCUT2D eigenvalue weighted by molar-refractivity contribution is -0.129. The first kappa shape index (κ1) is 16.0. The Morgan fingerprint density at radius 2 is 2.12 bits per heavy atom. The molecule has 24 heavy (non-hydrogen) atoms. The second-order valence-electron chi connectivity index (χ2n) is 6.77. The van der Waals surface area contributed by atoms with Gasteiger partial charge in [0.2, 0.25) is 5.91 Å². The molecule has 1 amide bonds. The fraction of sp³-hybridized carbons (Fsp3) is 0.556. The highest BCUT2D eigenvalue weighted by atomic mass is 32.1. The van der Waals surface area contributed by atoms with Crippen molar-refractivity contribution < 1.29 is 9.90 Å². The van der Waals surface area contributed by atoms with Crippen molar-refractivity contribution in [1.29, 1.82) is 0 Å². The molecule has 2 atom stereocenters. The van der Waals surface area contributed by atoms with E-state index >= 15 is 0 Å². The van der Waals surface area contributed by atoms with Crippen LogP contribution in [0.2, 0.25) is 0 Å². The average molecular weight is 345 g/mol. The van der Waals surface area contributed by atoms with Crippen LogP contribution < -0.4 is 0 Å².